The molecule has 4 heteroatoms. The van der Waals surface area contributed by atoms with Crippen LogP contribution in [-0.2, 0) is 16.1 Å². The summed E-state index contributed by atoms with van der Waals surface area (Å²) >= 11 is 0. The number of likely N-dealkylation sites (N-methyl/N-ethyl adjacent to an activating group) is 2. The highest BCUT2D eigenvalue weighted by atomic mass is 16.2. The number of hydrogen-bond acceptors (Lipinski definition) is 3. The molecule has 0 bridgehead atoms. The van der Waals surface area contributed by atoms with Gasteiger partial charge in [0.25, 0.3) is 11.8 Å². The van der Waals surface area contributed by atoms with Crippen LogP contribution in [0.3, 0.4) is 0 Å². The van der Waals surface area contributed by atoms with E-state index in [0.717, 1.165) is 16.7 Å². The lowest BCUT2D eigenvalue weighted by molar-refractivity contribution is -0.135. The van der Waals surface area contributed by atoms with Crippen LogP contribution < -0.4 is 0 Å². The number of benzene rings is 2. The molecule has 0 aliphatic carbocycles. The molecule has 1 aliphatic rings. The van der Waals surface area contributed by atoms with E-state index in [4.69, 9.17) is 0 Å². The van der Waals surface area contributed by atoms with Crippen molar-refractivity contribution in [1.29, 1.82) is 0 Å². The molecule has 0 atom stereocenters. The highest BCUT2D eigenvalue weighted by Gasteiger charge is 2.39. The van der Waals surface area contributed by atoms with Gasteiger partial charge in [0, 0.05) is 20.1 Å². The van der Waals surface area contributed by atoms with E-state index in [2.05, 4.69) is 0 Å². The van der Waals surface area contributed by atoms with Crippen LogP contribution in [0.1, 0.15) is 23.6 Å². The third kappa shape index (κ3) is 3.20. The molecule has 3 rings (SSSR count). The van der Waals surface area contributed by atoms with Crippen LogP contribution >= 0.6 is 0 Å². The second-order valence-electron chi connectivity index (χ2n) is 6.26. The Balaban J connectivity index is 2.07. The SMILES string of the molecule is CCN(Cc1ccccc1)C1=C(c2ccc(C)cc2)C(=O)N(C)C1=O. The topological polar surface area (TPSA) is 40.6 Å². The van der Waals surface area contributed by atoms with E-state index in [0.29, 0.717) is 24.4 Å². The van der Waals surface area contributed by atoms with Crippen molar-refractivity contribution in [2.75, 3.05) is 13.6 Å². The van der Waals surface area contributed by atoms with Crippen molar-refractivity contribution in [3.63, 3.8) is 0 Å². The van der Waals surface area contributed by atoms with Gasteiger partial charge in [-0.15, -0.1) is 0 Å². The molecule has 2 aromatic carbocycles. The molecule has 1 aliphatic heterocycles. The fourth-order valence-corrected chi connectivity index (χ4v) is 3.05. The summed E-state index contributed by atoms with van der Waals surface area (Å²) in [7, 11) is 1.54. The standard InChI is InChI=1S/C21H22N2O2/c1-4-23(14-16-8-6-5-7-9-16)19-18(20(24)22(3)21(19)25)17-12-10-15(2)11-13-17/h5-13H,4,14H2,1-3H3. The molecular weight excluding hydrogens is 312 g/mol. The second kappa shape index (κ2) is 6.93. The van der Waals surface area contributed by atoms with Crippen molar-refractivity contribution in [1.82, 2.24) is 9.80 Å². The number of carbonyl (C=O) groups is 2. The maximum atomic E-state index is 12.8. The quantitative estimate of drug-likeness (QED) is 0.788. The van der Waals surface area contributed by atoms with Crippen molar-refractivity contribution in [2.45, 2.75) is 20.4 Å². The first-order chi connectivity index (χ1) is 12.0. The zero-order valence-electron chi connectivity index (χ0n) is 14.8. The van der Waals surface area contributed by atoms with E-state index < -0.39 is 0 Å². The fraction of sp³-hybridized carbons (Fsp3) is 0.238. The summed E-state index contributed by atoms with van der Waals surface area (Å²) in [6.07, 6.45) is 0. The maximum absolute atomic E-state index is 12.8. The van der Waals surface area contributed by atoms with Crippen molar-refractivity contribution >= 4 is 17.4 Å². The number of aryl methyl sites for hydroxylation is 1. The van der Waals surface area contributed by atoms with Gasteiger partial charge in [-0.1, -0.05) is 60.2 Å². The summed E-state index contributed by atoms with van der Waals surface area (Å²) in [6, 6.07) is 17.7. The number of imide groups is 1. The van der Waals surface area contributed by atoms with E-state index in [1.165, 1.54) is 4.90 Å². The van der Waals surface area contributed by atoms with Crippen LogP contribution in [0, 0.1) is 6.92 Å². The lowest BCUT2D eigenvalue weighted by atomic mass is 10.0. The Kier molecular flexibility index (Phi) is 4.70. The molecule has 4 nitrogen and oxygen atoms in total. The van der Waals surface area contributed by atoms with Crippen molar-refractivity contribution < 1.29 is 9.59 Å². The van der Waals surface area contributed by atoms with Crippen molar-refractivity contribution in [3.05, 3.63) is 77.0 Å². The molecule has 0 unspecified atom stereocenters. The average Bonchev–Trinajstić information content (AvgIpc) is 2.85. The lowest BCUT2D eigenvalue weighted by Crippen LogP contribution is -2.32. The largest absolute Gasteiger partial charge is 0.362 e. The Morgan fingerprint density at radius 1 is 0.920 bits per heavy atom. The lowest BCUT2D eigenvalue weighted by Gasteiger charge is -2.24. The molecule has 25 heavy (non-hydrogen) atoms. The Labute approximate surface area is 148 Å². The zero-order valence-corrected chi connectivity index (χ0v) is 14.8. The average molecular weight is 334 g/mol. The van der Waals surface area contributed by atoms with E-state index in [-0.39, 0.29) is 11.8 Å². The van der Waals surface area contributed by atoms with Gasteiger partial charge in [0.2, 0.25) is 0 Å². The molecule has 0 saturated carbocycles. The summed E-state index contributed by atoms with van der Waals surface area (Å²) in [5.41, 5.74) is 3.99. The van der Waals surface area contributed by atoms with Crippen LogP contribution in [0.2, 0.25) is 0 Å². The summed E-state index contributed by atoms with van der Waals surface area (Å²) in [4.78, 5) is 28.7. The van der Waals surface area contributed by atoms with Crippen LogP contribution in [0.5, 0.6) is 0 Å². The Hall–Kier alpha value is -2.88. The monoisotopic (exact) mass is 334 g/mol. The Morgan fingerprint density at radius 2 is 1.56 bits per heavy atom. The number of rotatable bonds is 5. The van der Waals surface area contributed by atoms with Gasteiger partial charge in [-0.05, 0) is 25.0 Å². The summed E-state index contributed by atoms with van der Waals surface area (Å²) in [5.74, 6) is -0.478. The number of nitrogens with zero attached hydrogens (tertiary/aromatic N) is 2. The van der Waals surface area contributed by atoms with Gasteiger partial charge in [-0.3, -0.25) is 14.5 Å². The van der Waals surface area contributed by atoms with Crippen LogP contribution in [0.4, 0.5) is 0 Å². The van der Waals surface area contributed by atoms with Gasteiger partial charge in [-0.2, -0.15) is 0 Å². The highest BCUT2D eigenvalue weighted by Crippen LogP contribution is 2.31. The molecule has 0 radical (unpaired) electrons. The summed E-state index contributed by atoms with van der Waals surface area (Å²) in [6.45, 7) is 5.24. The number of amides is 2. The first kappa shape index (κ1) is 17.0. The molecule has 2 amide bonds. The summed E-state index contributed by atoms with van der Waals surface area (Å²) < 4.78 is 0. The molecule has 128 valence electrons. The molecule has 2 aromatic rings. The van der Waals surface area contributed by atoms with Crippen LogP contribution in [0.15, 0.2) is 60.3 Å². The minimum atomic E-state index is -0.240. The molecule has 0 fully saturated rings. The Morgan fingerprint density at radius 3 is 2.16 bits per heavy atom. The minimum absolute atomic E-state index is 0.238. The molecule has 0 saturated heterocycles. The minimum Gasteiger partial charge on any atom is -0.362 e. The molecule has 0 aromatic heterocycles. The van der Waals surface area contributed by atoms with Gasteiger partial charge in [0.1, 0.15) is 5.70 Å². The van der Waals surface area contributed by atoms with E-state index in [9.17, 15) is 9.59 Å². The predicted octanol–water partition coefficient (Wildman–Crippen LogP) is 3.23. The fourth-order valence-electron chi connectivity index (χ4n) is 3.05. The van der Waals surface area contributed by atoms with Gasteiger partial charge < -0.3 is 4.90 Å². The normalized spacial score (nSPS) is 14.4. The third-order valence-corrected chi connectivity index (χ3v) is 4.52. The maximum Gasteiger partial charge on any atom is 0.277 e. The predicted molar refractivity (Wildman–Crippen MR) is 98.4 cm³/mol. The third-order valence-electron chi connectivity index (χ3n) is 4.52. The summed E-state index contributed by atoms with van der Waals surface area (Å²) in [5, 5.41) is 0. The first-order valence-electron chi connectivity index (χ1n) is 8.45. The van der Waals surface area contributed by atoms with Gasteiger partial charge in [0.15, 0.2) is 0 Å². The van der Waals surface area contributed by atoms with E-state index in [1.54, 1.807) is 7.05 Å². The van der Waals surface area contributed by atoms with Crippen LogP contribution in [0.25, 0.3) is 5.57 Å². The molecule has 1 heterocycles. The number of carbonyl (C=O) groups excluding carboxylic acids is 2. The molecular formula is C21H22N2O2. The van der Waals surface area contributed by atoms with Crippen molar-refractivity contribution in [3.8, 4) is 0 Å². The zero-order chi connectivity index (χ0) is 18.0. The first-order valence-corrected chi connectivity index (χ1v) is 8.45. The Bertz CT molecular complexity index is 823. The van der Waals surface area contributed by atoms with Crippen LogP contribution in [-0.4, -0.2) is 35.2 Å². The van der Waals surface area contributed by atoms with Gasteiger partial charge in [-0.25, -0.2) is 0 Å². The van der Waals surface area contributed by atoms with Gasteiger partial charge in [0.05, 0.1) is 5.57 Å². The highest BCUT2D eigenvalue weighted by molar-refractivity contribution is 6.35. The second-order valence-corrected chi connectivity index (χ2v) is 6.26. The van der Waals surface area contributed by atoms with Crippen molar-refractivity contribution in [2.24, 2.45) is 0 Å². The van der Waals surface area contributed by atoms with Gasteiger partial charge >= 0.3 is 0 Å². The van der Waals surface area contributed by atoms with E-state index in [1.807, 2.05) is 73.3 Å². The number of hydrogen-bond donors (Lipinski definition) is 0. The molecule has 0 spiro atoms. The molecule has 0 N–H and O–H groups in total. The smallest absolute Gasteiger partial charge is 0.277 e. The van der Waals surface area contributed by atoms with E-state index >= 15 is 0 Å².